The van der Waals surface area contributed by atoms with E-state index in [1.807, 2.05) is 45.0 Å². The first-order chi connectivity index (χ1) is 12.5. The van der Waals surface area contributed by atoms with E-state index in [-0.39, 0.29) is 12.0 Å². The monoisotopic (exact) mass is 373 g/mol. The topological polar surface area (TPSA) is 54.5 Å². The van der Waals surface area contributed by atoms with Crippen molar-refractivity contribution in [2.24, 2.45) is 0 Å². The van der Waals surface area contributed by atoms with E-state index in [0.717, 1.165) is 35.1 Å². The van der Waals surface area contributed by atoms with Gasteiger partial charge in [-0.2, -0.15) is 0 Å². The Labute approximate surface area is 159 Å². The van der Waals surface area contributed by atoms with E-state index >= 15 is 0 Å². The van der Waals surface area contributed by atoms with Gasteiger partial charge >= 0.3 is 0 Å². The van der Waals surface area contributed by atoms with Crippen LogP contribution < -0.4 is 10.1 Å². The highest BCUT2D eigenvalue weighted by Crippen LogP contribution is 2.22. The Bertz CT molecular complexity index is 734. The van der Waals surface area contributed by atoms with Gasteiger partial charge in [0.2, 0.25) is 0 Å². The van der Waals surface area contributed by atoms with Crippen LogP contribution >= 0.6 is 11.3 Å². The fourth-order valence-corrected chi connectivity index (χ4v) is 4.06. The summed E-state index contributed by atoms with van der Waals surface area (Å²) in [6, 6.07) is 7.47. The van der Waals surface area contributed by atoms with Crippen molar-refractivity contribution >= 4 is 22.9 Å². The van der Waals surface area contributed by atoms with Gasteiger partial charge in [0.25, 0.3) is 5.91 Å². The molecule has 0 aliphatic carbocycles. The second-order valence-electron chi connectivity index (χ2n) is 6.97. The minimum atomic E-state index is -0.0926. The zero-order chi connectivity index (χ0) is 18.5. The number of aromatic nitrogens is 1. The van der Waals surface area contributed by atoms with Gasteiger partial charge in [-0.25, -0.2) is 4.98 Å². The van der Waals surface area contributed by atoms with Crippen molar-refractivity contribution in [3.05, 3.63) is 39.8 Å². The summed E-state index contributed by atoms with van der Waals surface area (Å²) in [5, 5.41) is 4.00. The molecule has 2 aromatic rings. The minimum absolute atomic E-state index is 0.0926. The predicted octanol–water partition coefficient (Wildman–Crippen LogP) is 4.13. The van der Waals surface area contributed by atoms with Crippen molar-refractivity contribution in [3.63, 3.8) is 0 Å². The summed E-state index contributed by atoms with van der Waals surface area (Å²) in [5.41, 5.74) is 1.57. The Morgan fingerprint density at radius 2 is 1.96 bits per heavy atom. The van der Waals surface area contributed by atoms with E-state index in [9.17, 15) is 4.79 Å². The third-order valence-electron chi connectivity index (χ3n) is 4.37. The Hall–Kier alpha value is -1.92. The molecule has 1 N–H and O–H groups in total. The van der Waals surface area contributed by atoms with Crippen LogP contribution in [0.1, 0.15) is 47.1 Å². The van der Waals surface area contributed by atoms with Crippen molar-refractivity contribution in [1.82, 2.24) is 9.88 Å². The summed E-state index contributed by atoms with van der Waals surface area (Å²) in [6.45, 7) is 9.30. The highest BCUT2D eigenvalue weighted by Gasteiger charge is 2.17. The number of carbonyl (C=O) groups is 1. The van der Waals surface area contributed by atoms with E-state index in [2.05, 4.69) is 15.2 Å². The molecule has 3 rings (SSSR count). The second-order valence-corrected chi connectivity index (χ2v) is 8.05. The average molecular weight is 374 g/mol. The van der Waals surface area contributed by atoms with Crippen LogP contribution in [0.2, 0.25) is 0 Å². The number of anilines is 1. The molecular formula is C20H27N3O2S. The Balaban J connectivity index is 1.58. The summed E-state index contributed by atoms with van der Waals surface area (Å²) >= 11 is 1.51. The fraction of sp³-hybridized carbons (Fsp3) is 0.500. The molecular weight excluding hydrogens is 346 g/mol. The van der Waals surface area contributed by atoms with E-state index < -0.39 is 0 Å². The molecule has 1 fully saturated rings. The Morgan fingerprint density at radius 1 is 1.27 bits per heavy atom. The molecule has 0 unspecified atom stereocenters. The molecule has 1 amide bonds. The minimum Gasteiger partial charge on any atom is -0.491 e. The van der Waals surface area contributed by atoms with Crippen molar-refractivity contribution in [2.75, 3.05) is 25.0 Å². The summed E-state index contributed by atoms with van der Waals surface area (Å²) in [6.07, 6.45) is 3.64. The number of hydrogen-bond acceptors (Lipinski definition) is 5. The quantitative estimate of drug-likeness (QED) is 0.793. The number of amides is 1. The molecule has 0 bridgehead atoms. The smallest absolute Gasteiger partial charge is 0.267 e. The van der Waals surface area contributed by atoms with Gasteiger partial charge in [0, 0.05) is 18.7 Å². The first kappa shape index (κ1) is 18.9. The maximum Gasteiger partial charge on any atom is 0.267 e. The largest absolute Gasteiger partial charge is 0.491 e. The molecule has 6 heteroatoms. The lowest BCUT2D eigenvalue weighted by molar-refractivity contribution is 0.102. The molecule has 1 aromatic heterocycles. The SMILES string of the molecule is Cc1nc(CCN2CCCC2)sc1C(=O)Nc1ccc(OC(C)C)cc1. The number of ether oxygens (including phenoxy) is 1. The number of thiazole rings is 1. The lowest BCUT2D eigenvalue weighted by Crippen LogP contribution is -2.21. The highest BCUT2D eigenvalue weighted by molar-refractivity contribution is 7.13. The predicted molar refractivity (Wildman–Crippen MR) is 106 cm³/mol. The third kappa shape index (κ3) is 5.05. The standard InChI is InChI=1S/C20H27N3O2S/c1-14(2)25-17-8-6-16(7-9-17)22-20(24)19-15(3)21-18(26-19)10-13-23-11-4-5-12-23/h6-9,14H,4-5,10-13H2,1-3H3,(H,22,24). The Kier molecular flexibility index (Phi) is 6.27. The number of hydrogen-bond donors (Lipinski definition) is 1. The van der Waals surface area contributed by atoms with Crippen LogP contribution in [0.25, 0.3) is 0 Å². The molecule has 5 nitrogen and oxygen atoms in total. The summed E-state index contributed by atoms with van der Waals surface area (Å²) in [4.78, 5) is 20.3. The van der Waals surface area contributed by atoms with E-state index in [0.29, 0.717) is 4.88 Å². The van der Waals surface area contributed by atoms with Gasteiger partial charge in [-0.3, -0.25) is 4.79 Å². The number of aryl methyl sites for hydroxylation is 1. The van der Waals surface area contributed by atoms with Crippen LogP contribution in [0.5, 0.6) is 5.75 Å². The van der Waals surface area contributed by atoms with Crippen LogP contribution in [0.3, 0.4) is 0 Å². The molecule has 0 spiro atoms. The van der Waals surface area contributed by atoms with Crippen LogP contribution in [-0.4, -0.2) is 41.5 Å². The summed E-state index contributed by atoms with van der Waals surface area (Å²) < 4.78 is 5.63. The first-order valence-corrected chi connectivity index (χ1v) is 10.1. The van der Waals surface area contributed by atoms with Gasteiger partial charge in [0.1, 0.15) is 10.6 Å². The molecule has 140 valence electrons. The second kappa shape index (κ2) is 8.64. The van der Waals surface area contributed by atoms with Gasteiger partial charge in [0.05, 0.1) is 16.8 Å². The normalized spacial score (nSPS) is 14.8. The molecule has 1 saturated heterocycles. The van der Waals surface area contributed by atoms with Crippen LogP contribution in [0, 0.1) is 6.92 Å². The van der Waals surface area contributed by atoms with Crippen molar-refractivity contribution in [3.8, 4) is 5.75 Å². The average Bonchev–Trinajstić information content (AvgIpc) is 3.23. The van der Waals surface area contributed by atoms with Crippen molar-refractivity contribution in [1.29, 1.82) is 0 Å². The number of likely N-dealkylation sites (tertiary alicyclic amines) is 1. The lowest BCUT2D eigenvalue weighted by Gasteiger charge is -2.12. The van der Waals surface area contributed by atoms with Gasteiger partial charge in [-0.15, -0.1) is 11.3 Å². The van der Waals surface area contributed by atoms with Crippen molar-refractivity contribution in [2.45, 2.75) is 46.1 Å². The molecule has 1 aromatic carbocycles. The fourth-order valence-electron chi connectivity index (χ4n) is 3.11. The van der Waals surface area contributed by atoms with Gasteiger partial charge in [-0.1, -0.05) is 0 Å². The molecule has 0 atom stereocenters. The number of rotatable bonds is 7. The first-order valence-electron chi connectivity index (χ1n) is 9.28. The lowest BCUT2D eigenvalue weighted by atomic mass is 10.3. The van der Waals surface area contributed by atoms with Gasteiger partial charge in [0.15, 0.2) is 0 Å². The summed E-state index contributed by atoms with van der Waals surface area (Å²) in [5.74, 6) is 0.709. The maximum absolute atomic E-state index is 12.6. The highest BCUT2D eigenvalue weighted by atomic mass is 32.1. The third-order valence-corrected chi connectivity index (χ3v) is 5.59. The van der Waals surface area contributed by atoms with Crippen LogP contribution in [-0.2, 0) is 6.42 Å². The number of nitrogens with one attached hydrogen (secondary N) is 1. The van der Waals surface area contributed by atoms with E-state index in [1.165, 1.54) is 37.3 Å². The van der Waals surface area contributed by atoms with Crippen LogP contribution in [0.15, 0.2) is 24.3 Å². The van der Waals surface area contributed by atoms with Crippen molar-refractivity contribution < 1.29 is 9.53 Å². The van der Waals surface area contributed by atoms with E-state index in [4.69, 9.17) is 4.74 Å². The molecule has 1 aliphatic rings. The van der Waals surface area contributed by atoms with Gasteiger partial charge in [-0.05, 0) is 71.0 Å². The maximum atomic E-state index is 12.6. The summed E-state index contributed by atoms with van der Waals surface area (Å²) in [7, 11) is 0. The molecule has 0 saturated carbocycles. The molecule has 2 heterocycles. The number of carbonyl (C=O) groups excluding carboxylic acids is 1. The number of benzene rings is 1. The van der Waals surface area contributed by atoms with Crippen LogP contribution in [0.4, 0.5) is 5.69 Å². The Morgan fingerprint density at radius 3 is 2.62 bits per heavy atom. The zero-order valence-corrected chi connectivity index (χ0v) is 16.6. The molecule has 1 aliphatic heterocycles. The number of nitrogens with zero attached hydrogens (tertiary/aromatic N) is 2. The molecule has 26 heavy (non-hydrogen) atoms. The molecule has 0 radical (unpaired) electrons. The van der Waals surface area contributed by atoms with Gasteiger partial charge < -0.3 is 15.0 Å². The zero-order valence-electron chi connectivity index (χ0n) is 15.7. The van der Waals surface area contributed by atoms with E-state index in [1.54, 1.807) is 0 Å².